The highest BCUT2D eigenvalue weighted by Gasteiger charge is 2.51. The van der Waals surface area contributed by atoms with E-state index in [0.29, 0.717) is 30.2 Å². The molecule has 34 heavy (non-hydrogen) atoms. The van der Waals surface area contributed by atoms with Crippen molar-refractivity contribution in [2.45, 2.75) is 56.5 Å². The van der Waals surface area contributed by atoms with Gasteiger partial charge in [0.15, 0.2) is 0 Å². The molecule has 0 saturated heterocycles. The Morgan fingerprint density at radius 3 is 2.76 bits per heavy atom. The maximum atomic E-state index is 11.2. The van der Waals surface area contributed by atoms with Crippen LogP contribution in [0.3, 0.4) is 0 Å². The van der Waals surface area contributed by atoms with E-state index in [0.717, 1.165) is 31.4 Å². The fourth-order valence-electron chi connectivity index (χ4n) is 6.02. The number of aliphatic hydroxyl groups is 1. The fourth-order valence-corrected chi connectivity index (χ4v) is 6.02. The summed E-state index contributed by atoms with van der Waals surface area (Å²) in [6.07, 6.45) is 6.79. The summed E-state index contributed by atoms with van der Waals surface area (Å²) in [7, 11) is 0. The molecule has 0 unspecified atom stereocenters. The van der Waals surface area contributed by atoms with Crippen LogP contribution in [0.5, 0.6) is 11.6 Å². The lowest BCUT2D eigenvalue weighted by Gasteiger charge is -2.52. The van der Waals surface area contributed by atoms with E-state index in [4.69, 9.17) is 10.00 Å². The normalized spacial score (nSPS) is 25.1. The molecule has 3 atom stereocenters. The van der Waals surface area contributed by atoms with E-state index in [-0.39, 0.29) is 5.41 Å². The number of pyridine rings is 1. The molecule has 170 valence electrons. The largest absolute Gasteiger partial charge is 0.439 e. The molecular formula is C30H28N2O2. The van der Waals surface area contributed by atoms with Gasteiger partial charge in [-0.25, -0.2) is 4.98 Å². The van der Waals surface area contributed by atoms with Gasteiger partial charge in [0.1, 0.15) is 11.4 Å². The van der Waals surface area contributed by atoms with Crippen molar-refractivity contribution < 1.29 is 9.84 Å². The maximum absolute atomic E-state index is 11.2. The van der Waals surface area contributed by atoms with Gasteiger partial charge >= 0.3 is 0 Å². The number of rotatable bonds is 4. The third-order valence-corrected chi connectivity index (χ3v) is 7.53. The van der Waals surface area contributed by atoms with Gasteiger partial charge in [-0.3, -0.25) is 0 Å². The molecule has 1 N–H and O–H groups in total. The van der Waals surface area contributed by atoms with Crippen molar-refractivity contribution in [3.05, 3.63) is 89.1 Å². The Labute approximate surface area is 201 Å². The van der Waals surface area contributed by atoms with Crippen LogP contribution in [0.25, 0.3) is 0 Å². The van der Waals surface area contributed by atoms with Gasteiger partial charge in [-0.05, 0) is 86.3 Å². The van der Waals surface area contributed by atoms with Crippen LogP contribution in [0.4, 0.5) is 0 Å². The number of benzene rings is 2. The highest BCUT2D eigenvalue weighted by Crippen LogP contribution is 2.54. The second-order valence-electron chi connectivity index (χ2n) is 9.58. The lowest BCUT2D eigenvalue weighted by Crippen LogP contribution is -2.50. The van der Waals surface area contributed by atoms with E-state index in [1.54, 1.807) is 18.3 Å². The highest BCUT2D eigenvalue weighted by molar-refractivity contribution is 5.46. The van der Waals surface area contributed by atoms with Gasteiger partial charge in [0, 0.05) is 17.7 Å². The Balaban J connectivity index is 1.51. The Morgan fingerprint density at radius 2 is 1.97 bits per heavy atom. The number of fused-ring (bicyclic) bond motifs is 3. The Kier molecular flexibility index (Phi) is 5.86. The molecule has 0 radical (unpaired) electrons. The van der Waals surface area contributed by atoms with Crippen molar-refractivity contribution in [1.82, 2.24) is 4.98 Å². The predicted octanol–water partition coefficient (Wildman–Crippen LogP) is 5.73. The molecule has 1 aromatic heterocycles. The number of hydrogen-bond donors (Lipinski definition) is 1. The molecule has 2 aliphatic carbocycles. The minimum Gasteiger partial charge on any atom is -0.439 e. The number of ether oxygens (including phenoxy) is 1. The van der Waals surface area contributed by atoms with E-state index >= 15 is 0 Å². The zero-order valence-electron chi connectivity index (χ0n) is 19.4. The Hall–Kier alpha value is -3.60. The van der Waals surface area contributed by atoms with Crippen LogP contribution in [-0.2, 0) is 18.3 Å². The molecule has 0 spiro atoms. The topological polar surface area (TPSA) is 66.1 Å². The zero-order chi connectivity index (χ0) is 23.6. The molecule has 0 aliphatic heterocycles. The second kappa shape index (κ2) is 8.98. The first-order valence-corrected chi connectivity index (χ1v) is 11.9. The summed E-state index contributed by atoms with van der Waals surface area (Å²) in [5.41, 5.74) is 3.59. The van der Waals surface area contributed by atoms with E-state index in [1.165, 1.54) is 16.7 Å². The third kappa shape index (κ3) is 4.18. The first kappa shape index (κ1) is 22.2. The lowest BCUT2D eigenvalue weighted by atomic mass is 9.52. The van der Waals surface area contributed by atoms with Crippen molar-refractivity contribution in [3.63, 3.8) is 0 Å². The number of nitrogens with zero attached hydrogens (tertiary/aromatic N) is 2. The maximum Gasteiger partial charge on any atom is 0.220 e. The van der Waals surface area contributed by atoms with Crippen LogP contribution in [0.1, 0.15) is 54.9 Å². The Bertz CT molecular complexity index is 1300. The first-order chi connectivity index (χ1) is 16.5. The summed E-state index contributed by atoms with van der Waals surface area (Å²) in [5, 5.41) is 20.3. The minimum atomic E-state index is -0.891. The fraction of sp³-hybridized carbons (Fsp3) is 0.333. The molecule has 1 saturated carbocycles. The van der Waals surface area contributed by atoms with Crippen molar-refractivity contribution in [2.24, 2.45) is 5.92 Å². The van der Waals surface area contributed by atoms with E-state index < -0.39 is 5.60 Å². The number of hydrogen-bond acceptors (Lipinski definition) is 4. The number of aryl methyl sites for hydroxylation is 1. The van der Waals surface area contributed by atoms with E-state index in [1.807, 2.05) is 13.0 Å². The smallest absolute Gasteiger partial charge is 0.220 e. The molecule has 4 nitrogen and oxygen atoms in total. The quantitative estimate of drug-likeness (QED) is 0.518. The average molecular weight is 449 g/mol. The summed E-state index contributed by atoms with van der Waals surface area (Å²) in [4.78, 5) is 4.25. The van der Waals surface area contributed by atoms with Gasteiger partial charge in [-0.15, -0.1) is 5.92 Å². The second-order valence-corrected chi connectivity index (χ2v) is 9.58. The third-order valence-electron chi connectivity index (χ3n) is 7.53. The Morgan fingerprint density at radius 1 is 1.12 bits per heavy atom. The standard InChI is InChI=1S/C30H28N2O2/c1-2-13-29(33)14-15-30(19-22-6-4-3-5-7-22)25(20-29)9-8-24-18-26(10-11-27(24)30)34-28-17-23(21-31)12-16-32-28/h3-7,10-12,16-18,25,33H,8-9,14-15,19-20H2,1H3/t25-,29-,30+/m1/s1. The van der Waals surface area contributed by atoms with Gasteiger partial charge in [-0.1, -0.05) is 42.3 Å². The number of nitriles is 1. The summed E-state index contributed by atoms with van der Waals surface area (Å²) in [6.45, 7) is 1.81. The molecule has 2 aliphatic rings. The number of aromatic nitrogens is 1. The van der Waals surface area contributed by atoms with Gasteiger partial charge < -0.3 is 9.84 Å². The summed E-state index contributed by atoms with van der Waals surface area (Å²) in [6, 6.07) is 22.5. The molecule has 2 aromatic carbocycles. The summed E-state index contributed by atoms with van der Waals surface area (Å²) >= 11 is 0. The predicted molar refractivity (Wildman–Crippen MR) is 131 cm³/mol. The average Bonchev–Trinajstić information content (AvgIpc) is 2.85. The minimum absolute atomic E-state index is 0.0336. The monoisotopic (exact) mass is 448 g/mol. The van der Waals surface area contributed by atoms with Gasteiger partial charge in [-0.2, -0.15) is 5.26 Å². The van der Waals surface area contributed by atoms with Crippen molar-refractivity contribution in [2.75, 3.05) is 0 Å². The van der Waals surface area contributed by atoms with Crippen molar-refractivity contribution >= 4 is 0 Å². The SMILES string of the molecule is CC#C[C@@]1(O)CC[C@@]2(Cc3ccccc3)c3ccc(Oc4cc(C#N)ccn4)cc3CC[C@@H]2C1. The molecule has 1 heterocycles. The molecule has 1 fully saturated rings. The van der Waals surface area contributed by atoms with Gasteiger partial charge in [0.25, 0.3) is 0 Å². The molecule has 0 amide bonds. The molecule has 0 bridgehead atoms. The van der Waals surface area contributed by atoms with Crippen LogP contribution in [0.2, 0.25) is 0 Å². The van der Waals surface area contributed by atoms with Crippen LogP contribution < -0.4 is 4.74 Å². The van der Waals surface area contributed by atoms with Crippen LogP contribution in [0, 0.1) is 29.1 Å². The van der Waals surface area contributed by atoms with Crippen molar-refractivity contribution in [3.8, 4) is 29.5 Å². The summed E-state index contributed by atoms with van der Waals surface area (Å²) < 4.78 is 6.02. The highest BCUT2D eigenvalue weighted by atomic mass is 16.5. The molecule has 3 aromatic rings. The van der Waals surface area contributed by atoms with Crippen LogP contribution in [-0.4, -0.2) is 15.7 Å². The molecule has 4 heteroatoms. The summed E-state index contributed by atoms with van der Waals surface area (Å²) in [5.74, 6) is 7.57. The molecule has 5 rings (SSSR count). The van der Waals surface area contributed by atoms with E-state index in [9.17, 15) is 5.11 Å². The van der Waals surface area contributed by atoms with E-state index in [2.05, 4.69) is 65.4 Å². The lowest BCUT2D eigenvalue weighted by molar-refractivity contribution is -0.00804. The molecular weight excluding hydrogens is 420 g/mol. The van der Waals surface area contributed by atoms with Crippen LogP contribution >= 0.6 is 0 Å². The van der Waals surface area contributed by atoms with Crippen molar-refractivity contribution in [1.29, 1.82) is 5.26 Å². The van der Waals surface area contributed by atoms with Crippen LogP contribution in [0.15, 0.2) is 66.9 Å². The van der Waals surface area contributed by atoms with Gasteiger partial charge in [0.2, 0.25) is 5.88 Å². The first-order valence-electron chi connectivity index (χ1n) is 11.9. The van der Waals surface area contributed by atoms with Gasteiger partial charge in [0.05, 0.1) is 11.6 Å². The zero-order valence-corrected chi connectivity index (χ0v) is 19.4.